The highest BCUT2D eigenvalue weighted by molar-refractivity contribution is 6.97. The third-order valence-electron chi connectivity index (χ3n) is 1.18. The van der Waals surface area contributed by atoms with Gasteiger partial charge in [0.1, 0.15) is 10.8 Å². The van der Waals surface area contributed by atoms with E-state index >= 15 is 0 Å². The van der Waals surface area contributed by atoms with Crippen LogP contribution in [-0.4, -0.2) is 20.3 Å². The summed E-state index contributed by atoms with van der Waals surface area (Å²) in [5.41, 5.74) is 0. The molecule has 52 valence electrons. The molecule has 0 saturated heterocycles. The first-order valence-electron chi connectivity index (χ1n) is 3.24. The monoisotopic (exact) mass is 144 g/mol. The Morgan fingerprint density at radius 1 is 1.11 bits per heavy atom. The maximum Gasteiger partial charge on any atom is 0.178 e. The van der Waals surface area contributed by atoms with Gasteiger partial charge in [-0.05, 0) is 12.8 Å². The molecule has 0 fully saturated rings. The van der Waals surface area contributed by atoms with Gasteiger partial charge in [-0.2, -0.15) is 0 Å². The Morgan fingerprint density at radius 2 is 1.44 bits per heavy atom. The molecule has 0 aliphatic rings. The van der Waals surface area contributed by atoms with Gasteiger partial charge in [0.05, 0.1) is 0 Å². The van der Waals surface area contributed by atoms with Crippen LogP contribution >= 0.6 is 0 Å². The average Bonchev–Trinajstić information content (AvgIpc) is 1.87. The maximum atomic E-state index is 10.6. The number of hydrogen-bond acceptors (Lipinski definition) is 2. The largest absolute Gasteiger partial charge is 0.306 e. The van der Waals surface area contributed by atoms with Crippen LogP contribution in [0.5, 0.6) is 0 Å². The van der Waals surface area contributed by atoms with Gasteiger partial charge in [0.25, 0.3) is 0 Å². The summed E-state index contributed by atoms with van der Waals surface area (Å²) in [5, 5.41) is 0.365. The van der Waals surface area contributed by atoms with Crippen LogP contribution in [0.4, 0.5) is 0 Å². The third-order valence-corrected chi connectivity index (χ3v) is 2.97. The first-order valence-corrected chi connectivity index (χ1v) is 4.65. The van der Waals surface area contributed by atoms with Gasteiger partial charge in [-0.15, -0.1) is 0 Å². The molecule has 0 amide bonds. The predicted molar refractivity (Wildman–Crippen MR) is 39.1 cm³/mol. The predicted octanol–water partition coefficient (Wildman–Crippen LogP) is 0.0284. The zero-order chi connectivity index (χ0) is 7.28. The summed E-state index contributed by atoms with van der Waals surface area (Å²) in [6.45, 7) is 3.61. The molecule has 0 heterocycles. The van der Waals surface area contributed by atoms with Crippen LogP contribution in [-0.2, 0) is 9.59 Å². The molecule has 0 N–H and O–H groups in total. The molecule has 3 heteroatoms. The molecular formula is C6H12O2Si. The Labute approximate surface area is 57.5 Å². The Morgan fingerprint density at radius 3 is 1.67 bits per heavy atom. The Bertz CT molecular complexity index is 106. The molecule has 0 aliphatic heterocycles. The summed E-state index contributed by atoms with van der Waals surface area (Å²) in [6.07, 6.45) is 1.08. The van der Waals surface area contributed by atoms with Gasteiger partial charge >= 0.3 is 0 Å². The van der Waals surface area contributed by atoms with Crippen molar-refractivity contribution in [3.63, 3.8) is 0 Å². The van der Waals surface area contributed by atoms with Crippen molar-refractivity contribution in [3.05, 3.63) is 0 Å². The lowest BCUT2D eigenvalue weighted by molar-refractivity contribution is -0.114. The van der Waals surface area contributed by atoms with E-state index in [9.17, 15) is 9.59 Å². The highest BCUT2D eigenvalue weighted by Gasteiger charge is 2.04. The first kappa shape index (κ1) is 8.56. The van der Waals surface area contributed by atoms with Crippen molar-refractivity contribution in [2.24, 2.45) is 0 Å². The second-order valence-corrected chi connectivity index (χ2v) is 3.89. The molecule has 0 radical (unpaired) electrons. The van der Waals surface area contributed by atoms with E-state index in [0.29, 0.717) is 12.8 Å². The van der Waals surface area contributed by atoms with Crippen LogP contribution in [0.3, 0.4) is 0 Å². The normalized spacial score (nSPS) is 9.11. The van der Waals surface area contributed by atoms with Crippen LogP contribution in [0.2, 0.25) is 0 Å². The van der Waals surface area contributed by atoms with Crippen molar-refractivity contribution in [1.82, 2.24) is 0 Å². The van der Waals surface area contributed by atoms with Crippen molar-refractivity contribution in [1.29, 1.82) is 0 Å². The van der Waals surface area contributed by atoms with Gasteiger partial charge in [-0.3, -0.25) is 0 Å². The van der Waals surface area contributed by atoms with E-state index in [1.165, 1.54) is 0 Å². The van der Waals surface area contributed by atoms with Crippen molar-refractivity contribution in [2.75, 3.05) is 0 Å². The van der Waals surface area contributed by atoms with Gasteiger partial charge in [0, 0.05) is 0 Å². The van der Waals surface area contributed by atoms with Gasteiger partial charge in [-0.25, -0.2) is 0 Å². The number of carbonyl (C=O) groups is 2. The molecule has 0 bridgehead atoms. The zero-order valence-electron chi connectivity index (χ0n) is 5.94. The van der Waals surface area contributed by atoms with Gasteiger partial charge in [0.2, 0.25) is 0 Å². The van der Waals surface area contributed by atoms with Crippen molar-refractivity contribution in [2.45, 2.75) is 26.7 Å². The molecule has 0 atom stereocenters. The maximum absolute atomic E-state index is 10.6. The summed E-state index contributed by atoms with van der Waals surface area (Å²) in [4.78, 5) is 21.2. The average molecular weight is 144 g/mol. The SMILES string of the molecule is CCC(=O)[SiH2]C(=O)CC. The fraction of sp³-hybridized carbons (Fsp3) is 0.667. The minimum atomic E-state index is -1.02. The quantitative estimate of drug-likeness (QED) is 0.522. The minimum Gasteiger partial charge on any atom is -0.306 e. The van der Waals surface area contributed by atoms with E-state index in [0.717, 1.165) is 0 Å². The summed E-state index contributed by atoms with van der Waals surface area (Å²) in [5.74, 6) is 0. The van der Waals surface area contributed by atoms with Crippen LogP contribution < -0.4 is 0 Å². The summed E-state index contributed by atoms with van der Waals surface area (Å²) in [7, 11) is -1.02. The molecule has 9 heavy (non-hydrogen) atoms. The van der Waals surface area contributed by atoms with E-state index in [4.69, 9.17) is 0 Å². The van der Waals surface area contributed by atoms with E-state index in [-0.39, 0.29) is 10.8 Å². The highest BCUT2D eigenvalue weighted by atomic mass is 28.2. The molecule has 0 aromatic heterocycles. The smallest absolute Gasteiger partial charge is 0.178 e. The molecule has 0 saturated carbocycles. The lowest BCUT2D eigenvalue weighted by atomic mass is 10.5. The Hall–Kier alpha value is -0.443. The summed E-state index contributed by atoms with van der Waals surface area (Å²) < 4.78 is 0. The van der Waals surface area contributed by atoms with Crippen molar-refractivity contribution >= 4 is 20.3 Å². The standard InChI is InChI=1S/C6H12O2Si/c1-3-5(7)9-6(8)4-2/h3-4,9H2,1-2H3. The molecule has 0 aromatic carbocycles. The third kappa shape index (κ3) is 4.09. The van der Waals surface area contributed by atoms with Crippen LogP contribution in [0.15, 0.2) is 0 Å². The van der Waals surface area contributed by atoms with Gasteiger partial charge in [-0.1, -0.05) is 13.8 Å². The van der Waals surface area contributed by atoms with E-state index in [1.807, 2.05) is 0 Å². The molecule has 0 rings (SSSR count). The van der Waals surface area contributed by atoms with Gasteiger partial charge < -0.3 is 9.59 Å². The molecule has 2 nitrogen and oxygen atoms in total. The van der Waals surface area contributed by atoms with Crippen molar-refractivity contribution < 1.29 is 9.59 Å². The van der Waals surface area contributed by atoms with Crippen LogP contribution in [0.25, 0.3) is 0 Å². The Kier molecular flexibility index (Phi) is 4.22. The zero-order valence-corrected chi connectivity index (χ0v) is 7.35. The number of rotatable bonds is 4. The Balaban J connectivity index is 3.47. The lowest BCUT2D eigenvalue weighted by Gasteiger charge is -1.90. The molecule has 0 aliphatic carbocycles. The molecule has 0 aromatic rings. The highest BCUT2D eigenvalue weighted by Crippen LogP contribution is 1.82. The van der Waals surface area contributed by atoms with E-state index in [2.05, 4.69) is 0 Å². The van der Waals surface area contributed by atoms with Crippen LogP contribution in [0.1, 0.15) is 26.7 Å². The minimum absolute atomic E-state index is 0.182. The molecule has 0 spiro atoms. The topological polar surface area (TPSA) is 34.1 Å². The lowest BCUT2D eigenvalue weighted by Crippen LogP contribution is -2.17. The summed E-state index contributed by atoms with van der Waals surface area (Å²) in [6, 6.07) is 0. The first-order chi connectivity index (χ1) is 4.20. The fourth-order valence-corrected chi connectivity index (χ4v) is 1.41. The second kappa shape index (κ2) is 4.44. The fourth-order valence-electron chi connectivity index (χ4n) is 0.470. The van der Waals surface area contributed by atoms with E-state index in [1.54, 1.807) is 13.8 Å². The molecular weight excluding hydrogens is 132 g/mol. The number of hydrogen-bond donors (Lipinski definition) is 0. The molecule has 0 unspecified atom stereocenters. The number of carbonyl (C=O) groups excluding carboxylic acids is 2. The van der Waals surface area contributed by atoms with Crippen LogP contribution in [0, 0.1) is 0 Å². The van der Waals surface area contributed by atoms with Gasteiger partial charge in [0.15, 0.2) is 9.52 Å². The van der Waals surface area contributed by atoms with E-state index < -0.39 is 9.52 Å². The second-order valence-electron chi connectivity index (χ2n) is 1.96. The van der Waals surface area contributed by atoms with Crippen molar-refractivity contribution in [3.8, 4) is 0 Å². The summed E-state index contributed by atoms with van der Waals surface area (Å²) >= 11 is 0.